The fraction of sp³-hybridized carbons (Fsp3) is 0.500. The van der Waals surface area contributed by atoms with Crippen LogP contribution in [0, 0.1) is 5.92 Å². The van der Waals surface area contributed by atoms with E-state index in [1.54, 1.807) is 18.2 Å². The second kappa shape index (κ2) is 7.63. The SMILES string of the molecule is CC(C)CC(=O)N1CCNC(=O)[C@@H]1CC(=O)Nc1ccc2c(c1)OCO2. The number of anilines is 1. The third kappa shape index (κ3) is 4.07. The molecule has 2 aliphatic rings. The summed E-state index contributed by atoms with van der Waals surface area (Å²) in [4.78, 5) is 38.6. The molecule has 8 nitrogen and oxygen atoms in total. The maximum Gasteiger partial charge on any atom is 0.243 e. The van der Waals surface area contributed by atoms with Gasteiger partial charge in [0.25, 0.3) is 0 Å². The first-order chi connectivity index (χ1) is 12.4. The molecule has 1 aromatic carbocycles. The van der Waals surface area contributed by atoms with Gasteiger partial charge in [-0.1, -0.05) is 13.8 Å². The van der Waals surface area contributed by atoms with Crippen molar-refractivity contribution >= 4 is 23.4 Å². The molecule has 8 heteroatoms. The monoisotopic (exact) mass is 361 g/mol. The summed E-state index contributed by atoms with van der Waals surface area (Å²) in [5.74, 6) is 0.640. The number of amides is 3. The van der Waals surface area contributed by atoms with E-state index in [0.29, 0.717) is 36.7 Å². The van der Waals surface area contributed by atoms with Crippen molar-refractivity contribution in [2.24, 2.45) is 5.92 Å². The van der Waals surface area contributed by atoms with Gasteiger partial charge in [0.15, 0.2) is 11.5 Å². The predicted octanol–water partition coefficient (Wildman–Crippen LogP) is 1.12. The average molecular weight is 361 g/mol. The first kappa shape index (κ1) is 18.0. The summed E-state index contributed by atoms with van der Waals surface area (Å²) in [5, 5.41) is 5.47. The molecule has 140 valence electrons. The Labute approximate surface area is 151 Å². The minimum absolute atomic E-state index is 0.0931. The van der Waals surface area contributed by atoms with Crippen LogP contribution in [0.2, 0.25) is 0 Å². The van der Waals surface area contributed by atoms with E-state index in [-0.39, 0.29) is 36.9 Å². The molecule has 2 N–H and O–H groups in total. The van der Waals surface area contributed by atoms with Gasteiger partial charge in [0.2, 0.25) is 24.5 Å². The normalized spacial score (nSPS) is 18.7. The zero-order valence-electron chi connectivity index (χ0n) is 14.9. The van der Waals surface area contributed by atoms with E-state index in [4.69, 9.17) is 9.47 Å². The van der Waals surface area contributed by atoms with Gasteiger partial charge in [-0.3, -0.25) is 14.4 Å². The molecule has 1 fully saturated rings. The molecule has 2 aliphatic heterocycles. The van der Waals surface area contributed by atoms with Crippen LogP contribution in [0.25, 0.3) is 0 Å². The van der Waals surface area contributed by atoms with Crippen LogP contribution in [0.1, 0.15) is 26.7 Å². The zero-order valence-corrected chi connectivity index (χ0v) is 14.9. The molecule has 0 aliphatic carbocycles. The minimum Gasteiger partial charge on any atom is -0.454 e. The highest BCUT2D eigenvalue weighted by molar-refractivity contribution is 5.97. The minimum atomic E-state index is -0.788. The Bertz CT molecular complexity index is 719. The number of fused-ring (bicyclic) bond motifs is 1. The van der Waals surface area contributed by atoms with Crippen LogP contribution in [0.5, 0.6) is 11.5 Å². The van der Waals surface area contributed by atoms with E-state index < -0.39 is 6.04 Å². The molecule has 2 heterocycles. The van der Waals surface area contributed by atoms with Crippen molar-refractivity contribution in [2.45, 2.75) is 32.7 Å². The molecule has 0 unspecified atom stereocenters. The number of hydrogen-bond acceptors (Lipinski definition) is 5. The summed E-state index contributed by atoms with van der Waals surface area (Å²) in [6.07, 6.45) is 0.262. The van der Waals surface area contributed by atoms with Crippen LogP contribution in [0.3, 0.4) is 0 Å². The van der Waals surface area contributed by atoms with Crippen molar-refractivity contribution in [3.63, 3.8) is 0 Å². The van der Waals surface area contributed by atoms with E-state index in [1.807, 2.05) is 13.8 Å². The number of benzene rings is 1. The van der Waals surface area contributed by atoms with Crippen molar-refractivity contribution < 1.29 is 23.9 Å². The number of carbonyl (C=O) groups excluding carboxylic acids is 3. The molecule has 26 heavy (non-hydrogen) atoms. The fourth-order valence-electron chi connectivity index (χ4n) is 3.04. The second-order valence-electron chi connectivity index (χ2n) is 6.81. The average Bonchev–Trinajstić information content (AvgIpc) is 3.03. The summed E-state index contributed by atoms with van der Waals surface area (Å²) < 4.78 is 10.5. The highest BCUT2D eigenvalue weighted by Gasteiger charge is 2.34. The van der Waals surface area contributed by atoms with E-state index in [0.717, 1.165) is 0 Å². The lowest BCUT2D eigenvalue weighted by molar-refractivity contribution is -0.145. The predicted molar refractivity (Wildman–Crippen MR) is 93.8 cm³/mol. The quantitative estimate of drug-likeness (QED) is 0.819. The van der Waals surface area contributed by atoms with Gasteiger partial charge in [0.1, 0.15) is 6.04 Å². The summed E-state index contributed by atoms with van der Waals surface area (Å²) >= 11 is 0. The second-order valence-corrected chi connectivity index (χ2v) is 6.81. The van der Waals surface area contributed by atoms with E-state index in [1.165, 1.54) is 4.90 Å². The van der Waals surface area contributed by atoms with Gasteiger partial charge in [0, 0.05) is 31.3 Å². The van der Waals surface area contributed by atoms with E-state index >= 15 is 0 Å². The summed E-state index contributed by atoms with van der Waals surface area (Å²) in [5.41, 5.74) is 0.551. The molecule has 0 bridgehead atoms. The van der Waals surface area contributed by atoms with Gasteiger partial charge < -0.3 is 25.0 Å². The molecular formula is C18H23N3O5. The largest absolute Gasteiger partial charge is 0.454 e. The Morgan fingerprint density at radius 3 is 2.85 bits per heavy atom. The zero-order chi connectivity index (χ0) is 18.7. The molecule has 1 aromatic rings. The Morgan fingerprint density at radius 1 is 1.31 bits per heavy atom. The lowest BCUT2D eigenvalue weighted by atomic mass is 10.0. The van der Waals surface area contributed by atoms with Gasteiger partial charge in [0.05, 0.1) is 6.42 Å². The molecular weight excluding hydrogens is 338 g/mol. The lowest BCUT2D eigenvalue weighted by Crippen LogP contribution is -2.58. The Kier molecular flexibility index (Phi) is 5.29. The summed E-state index contributed by atoms with van der Waals surface area (Å²) in [6, 6.07) is 4.30. The topological polar surface area (TPSA) is 97.0 Å². The number of nitrogens with zero attached hydrogens (tertiary/aromatic N) is 1. The number of piperazine rings is 1. The van der Waals surface area contributed by atoms with Crippen molar-refractivity contribution in [1.29, 1.82) is 0 Å². The van der Waals surface area contributed by atoms with Crippen LogP contribution in [-0.2, 0) is 14.4 Å². The van der Waals surface area contributed by atoms with Gasteiger partial charge in [-0.15, -0.1) is 0 Å². The number of nitrogens with one attached hydrogen (secondary N) is 2. The molecule has 1 atom stereocenters. The molecule has 3 rings (SSSR count). The standard InChI is InChI=1S/C18H23N3O5/c1-11(2)7-17(23)21-6-5-19-18(24)13(21)9-16(22)20-12-3-4-14-15(8-12)26-10-25-14/h3-4,8,11,13H,5-7,9-10H2,1-2H3,(H,19,24)(H,20,22)/t13-/m0/s1. The number of ether oxygens (including phenoxy) is 2. The smallest absolute Gasteiger partial charge is 0.243 e. The number of carbonyl (C=O) groups is 3. The molecule has 0 radical (unpaired) electrons. The van der Waals surface area contributed by atoms with Crippen LogP contribution < -0.4 is 20.1 Å². The van der Waals surface area contributed by atoms with Crippen LogP contribution in [0.4, 0.5) is 5.69 Å². The molecule has 0 spiro atoms. The van der Waals surface area contributed by atoms with Gasteiger partial charge in [-0.25, -0.2) is 0 Å². The maximum absolute atomic E-state index is 12.4. The summed E-state index contributed by atoms with van der Waals surface area (Å²) in [7, 11) is 0. The maximum atomic E-state index is 12.4. The third-order valence-electron chi connectivity index (χ3n) is 4.27. The first-order valence-electron chi connectivity index (χ1n) is 8.70. The molecule has 0 saturated carbocycles. The Morgan fingerprint density at radius 2 is 2.08 bits per heavy atom. The molecule has 0 aromatic heterocycles. The fourth-order valence-corrected chi connectivity index (χ4v) is 3.04. The van der Waals surface area contributed by atoms with Gasteiger partial charge >= 0.3 is 0 Å². The lowest BCUT2D eigenvalue weighted by Gasteiger charge is -2.35. The Balaban J connectivity index is 1.65. The van der Waals surface area contributed by atoms with Crippen LogP contribution in [0.15, 0.2) is 18.2 Å². The first-order valence-corrected chi connectivity index (χ1v) is 8.70. The van der Waals surface area contributed by atoms with Crippen molar-refractivity contribution in [3.8, 4) is 11.5 Å². The van der Waals surface area contributed by atoms with Crippen LogP contribution in [-0.4, -0.2) is 48.5 Å². The Hall–Kier alpha value is -2.77. The van der Waals surface area contributed by atoms with E-state index in [9.17, 15) is 14.4 Å². The van der Waals surface area contributed by atoms with Crippen molar-refractivity contribution in [1.82, 2.24) is 10.2 Å². The molecule has 1 saturated heterocycles. The van der Waals surface area contributed by atoms with Gasteiger partial charge in [-0.05, 0) is 18.1 Å². The van der Waals surface area contributed by atoms with Gasteiger partial charge in [-0.2, -0.15) is 0 Å². The number of hydrogen-bond donors (Lipinski definition) is 2. The summed E-state index contributed by atoms with van der Waals surface area (Å²) in [6.45, 7) is 4.87. The van der Waals surface area contributed by atoms with Crippen molar-refractivity contribution in [2.75, 3.05) is 25.2 Å². The van der Waals surface area contributed by atoms with E-state index in [2.05, 4.69) is 10.6 Å². The van der Waals surface area contributed by atoms with Crippen LogP contribution >= 0.6 is 0 Å². The highest BCUT2D eigenvalue weighted by Crippen LogP contribution is 2.34. The van der Waals surface area contributed by atoms with Crippen molar-refractivity contribution in [3.05, 3.63) is 18.2 Å². The highest BCUT2D eigenvalue weighted by atomic mass is 16.7. The molecule has 3 amide bonds. The number of rotatable bonds is 5. The third-order valence-corrected chi connectivity index (χ3v) is 4.27.